The summed E-state index contributed by atoms with van der Waals surface area (Å²) >= 11 is 0. The van der Waals surface area contributed by atoms with Crippen LogP contribution in [-0.4, -0.2) is 7.11 Å². The van der Waals surface area contributed by atoms with Crippen molar-refractivity contribution in [1.29, 1.82) is 0 Å². The Morgan fingerprint density at radius 1 is 1.31 bits per heavy atom. The Labute approximate surface area is 87.6 Å². The number of halogens is 3. The van der Waals surface area contributed by atoms with Crippen LogP contribution in [0.5, 0.6) is 5.75 Å². The standard InChI is InChI=1S/C8H7F3O.Li.H/c1-12-7-4-2-3-6(5-7)8(9,10)11;;/h2-5H,1H3;;/q;+1;-1. The average Bonchev–Trinajstić information content (AvgIpc) is 2.03. The Kier molecular flexibility index (Phi) is 4.38. The Morgan fingerprint density at radius 3 is 2.38 bits per heavy atom. The molecule has 0 fully saturated rings. The first-order valence-electron chi connectivity index (χ1n) is 3.25. The summed E-state index contributed by atoms with van der Waals surface area (Å²) in [4.78, 5) is 0. The van der Waals surface area contributed by atoms with E-state index in [9.17, 15) is 13.2 Å². The summed E-state index contributed by atoms with van der Waals surface area (Å²) < 4.78 is 40.8. The van der Waals surface area contributed by atoms with Gasteiger partial charge >= 0.3 is 25.0 Å². The van der Waals surface area contributed by atoms with Crippen LogP contribution in [0.3, 0.4) is 0 Å². The van der Waals surface area contributed by atoms with Gasteiger partial charge in [0.25, 0.3) is 0 Å². The second-order valence-corrected chi connectivity index (χ2v) is 2.23. The van der Waals surface area contributed by atoms with E-state index in [0.29, 0.717) is 0 Å². The molecule has 0 saturated carbocycles. The molecule has 0 amide bonds. The first-order chi connectivity index (χ1) is 5.54. The maximum Gasteiger partial charge on any atom is 1.00 e. The van der Waals surface area contributed by atoms with Gasteiger partial charge in [0.15, 0.2) is 0 Å². The summed E-state index contributed by atoms with van der Waals surface area (Å²) in [6.07, 6.45) is -4.30. The number of hydrogen-bond donors (Lipinski definition) is 0. The van der Waals surface area contributed by atoms with Crippen LogP contribution in [0.15, 0.2) is 24.3 Å². The van der Waals surface area contributed by atoms with Gasteiger partial charge in [-0.15, -0.1) is 0 Å². The molecule has 0 saturated heterocycles. The van der Waals surface area contributed by atoms with Crippen LogP contribution in [0.1, 0.15) is 6.99 Å². The van der Waals surface area contributed by atoms with E-state index in [4.69, 9.17) is 0 Å². The molecule has 0 spiro atoms. The molecular weight excluding hydrogens is 176 g/mol. The molecule has 0 heterocycles. The van der Waals surface area contributed by atoms with Gasteiger partial charge in [-0.25, -0.2) is 0 Å². The molecule has 1 rings (SSSR count). The van der Waals surface area contributed by atoms with Crippen molar-refractivity contribution in [2.45, 2.75) is 6.18 Å². The van der Waals surface area contributed by atoms with Crippen molar-refractivity contribution in [2.75, 3.05) is 7.11 Å². The third-order valence-electron chi connectivity index (χ3n) is 1.40. The second kappa shape index (κ2) is 4.59. The molecule has 1 aromatic carbocycles. The molecule has 0 N–H and O–H groups in total. The minimum atomic E-state index is -4.30. The molecule has 68 valence electrons. The zero-order valence-corrected chi connectivity index (χ0v) is 7.35. The van der Waals surface area contributed by atoms with Crippen molar-refractivity contribution < 1.29 is 38.2 Å². The van der Waals surface area contributed by atoms with Crippen LogP contribution in [0, 0.1) is 0 Å². The maximum absolute atomic E-state index is 12.0. The quantitative estimate of drug-likeness (QED) is 0.550. The second-order valence-electron chi connectivity index (χ2n) is 2.23. The van der Waals surface area contributed by atoms with Crippen molar-refractivity contribution in [3.63, 3.8) is 0 Å². The van der Waals surface area contributed by atoms with E-state index >= 15 is 0 Å². The molecule has 0 bridgehead atoms. The molecule has 0 aliphatic rings. The van der Waals surface area contributed by atoms with Crippen molar-refractivity contribution in [2.24, 2.45) is 0 Å². The Morgan fingerprint density at radius 2 is 1.92 bits per heavy atom. The van der Waals surface area contributed by atoms with Gasteiger partial charge in [0.2, 0.25) is 0 Å². The third-order valence-corrected chi connectivity index (χ3v) is 1.40. The Hall–Kier alpha value is -0.593. The van der Waals surface area contributed by atoms with E-state index < -0.39 is 11.7 Å². The Balaban J connectivity index is 0. The minimum Gasteiger partial charge on any atom is -1.00 e. The predicted molar refractivity (Wildman–Crippen MR) is 39.1 cm³/mol. The van der Waals surface area contributed by atoms with Crippen molar-refractivity contribution in [1.82, 2.24) is 0 Å². The van der Waals surface area contributed by atoms with E-state index in [1.807, 2.05) is 0 Å². The summed E-state index contributed by atoms with van der Waals surface area (Å²) in [5, 5.41) is 0. The average molecular weight is 184 g/mol. The fourth-order valence-corrected chi connectivity index (χ4v) is 0.799. The molecule has 0 atom stereocenters. The van der Waals surface area contributed by atoms with E-state index in [-0.39, 0.29) is 26.0 Å². The molecule has 0 aliphatic carbocycles. The van der Waals surface area contributed by atoms with Crippen LogP contribution in [0.4, 0.5) is 13.2 Å². The molecule has 5 heteroatoms. The maximum atomic E-state index is 12.0. The predicted octanol–water partition coefficient (Wildman–Crippen LogP) is -0.169. The van der Waals surface area contributed by atoms with Gasteiger partial charge < -0.3 is 6.16 Å². The molecule has 0 radical (unpaired) electrons. The van der Waals surface area contributed by atoms with Crippen LogP contribution in [0.2, 0.25) is 0 Å². The van der Waals surface area contributed by atoms with E-state index in [2.05, 4.69) is 4.74 Å². The van der Waals surface area contributed by atoms with E-state index in [1.165, 1.54) is 19.2 Å². The minimum absolute atomic E-state index is 0. The van der Waals surface area contributed by atoms with Gasteiger partial charge in [0.05, 0.1) is 12.7 Å². The van der Waals surface area contributed by atoms with Gasteiger partial charge in [0, 0.05) is 0 Å². The molecule has 0 aromatic heterocycles. The van der Waals surface area contributed by atoms with Gasteiger partial charge in [-0.1, -0.05) is 6.07 Å². The summed E-state index contributed by atoms with van der Waals surface area (Å²) in [7, 11) is 1.33. The number of rotatable bonds is 1. The van der Waals surface area contributed by atoms with E-state index in [1.54, 1.807) is 0 Å². The fourth-order valence-electron chi connectivity index (χ4n) is 0.799. The molecule has 1 nitrogen and oxygen atoms in total. The van der Waals surface area contributed by atoms with Crippen LogP contribution in [-0.2, 0) is 6.18 Å². The summed E-state index contributed by atoms with van der Waals surface area (Å²) in [5.74, 6) is 0.213. The van der Waals surface area contributed by atoms with Crippen LogP contribution in [0.25, 0.3) is 0 Å². The first kappa shape index (κ1) is 12.4. The number of ether oxygens (including phenoxy) is 1. The summed E-state index contributed by atoms with van der Waals surface area (Å²) in [6.45, 7) is 0. The normalized spacial score (nSPS) is 10.5. The van der Waals surface area contributed by atoms with Crippen molar-refractivity contribution in [3.8, 4) is 5.75 Å². The molecule has 0 unspecified atom stereocenters. The number of hydrogen-bond acceptors (Lipinski definition) is 1. The Bertz CT molecular complexity index is 278. The van der Waals surface area contributed by atoms with Crippen molar-refractivity contribution in [3.05, 3.63) is 29.8 Å². The summed E-state index contributed by atoms with van der Waals surface area (Å²) in [5.41, 5.74) is -0.693. The number of alkyl halides is 3. The monoisotopic (exact) mass is 184 g/mol. The van der Waals surface area contributed by atoms with Crippen LogP contribution < -0.4 is 23.6 Å². The van der Waals surface area contributed by atoms with E-state index in [0.717, 1.165) is 12.1 Å². The topological polar surface area (TPSA) is 9.23 Å². The SMILES string of the molecule is COc1cccc(C(F)(F)F)c1.[H-].[Li+]. The molecular formula is C8H8F3LiO. The van der Waals surface area contributed by atoms with Gasteiger partial charge in [-0.05, 0) is 18.2 Å². The van der Waals surface area contributed by atoms with Gasteiger partial charge in [0.1, 0.15) is 5.75 Å². The third kappa shape index (κ3) is 3.33. The first-order valence-corrected chi connectivity index (χ1v) is 3.25. The van der Waals surface area contributed by atoms with Gasteiger partial charge in [-0.3, -0.25) is 0 Å². The zero-order valence-electron chi connectivity index (χ0n) is 8.35. The number of benzene rings is 1. The smallest absolute Gasteiger partial charge is 1.00 e. The van der Waals surface area contributed by atoms with Crippen molar-refractivity contribution >= 4 is 0 Å². The number of methoxy groups -OCH3 is 1. The summed E-state index contributed by atoms with van der Waals surface area (Å²) in [6, 6.07) is 4.74. The molecule has 13 heavy (non-hydrogen) atoms. The molecule has 1 aromatic rings. The van der Waals surface area contributed by atoms with Gasteiger partial charge in [-0.2, -0.15) is 13.2 Å². The fraction of sp³-hybridized carbons (Fsp3) is 0.250. The van der Waals surface area contributed by atoms with Crippen LogP contribution >= 0.6 is 0 Å². The molecule has 0 aliphatic heterocycles. The largest absolute Gasteiger partial charge is 1.00 e. The zero-order chi connectivity index (χ0) is 9.19.